The summed E-state index contributed by atoms with van der Waals surface area (Å²) in [7, 11) is 0. The molecule has 0 saturated carbocycles. The van der Waals surface area contributed by atoms with Gasteiger partial charge in [0.15, 0.2) is 5.69 Å². The minimum Gasteiger partial charge on any atom is -0.324 e. The number of nitrogens with one attached hydrogen (secondary N) is 2. The molecule has 1 aromatic heterocycles. The number of alkyl halides is 3. The van der Waals surface area contributed by atoms with Crippen LogP contribution < -0.4 is 10.6 Å². The molecule has 2 rings (SSSR count). The van der Waals surface area contributed by atoms with Crippen molar-refractivity contribution in [3.05, 3.63) is 24.0 Å². The van der Waals surface area contributed by atoms with Crippen LogP contribution in [0.1, 0.15) is 5.69 Å². The number of hydrogen-bond acceptors (Lipinski definition) is 3. The number of anilines is 1. The number of nitrogens with zero attached hydrogens (tertiary/aromatic N) is 1. The molecule has 2 N–H and O–H groups in total. The lowest BCUT2D eigenvalue weighted by atomic mass is 10.0. The molecule has 1 aromatic rings. The van der Waals surface area contributed by atoms with Crippen molar-refractivity contribution in [3.63, 3.8) is 0 Å². The number of hydrogen-bond donors (Lipinski definition) is 2. The number of carbonyl (C=O) groups excluding carboxylic acids is 1. The zero-order valence-corrected chi connectivity index (χ0v) is 8.71. The van der Waals surface area contributed by atoms with Crippen molar-refractivity contribution < 1.29 is 18.0 Å². The zero-order chi connectivity index (χ0) is 12.5. The number of aromatic nitrogens is 1. The van der Waals surface area contributed by atoms with Gasteiger partial charge in [0, 0.05) is 19.3 Å². The largest absolute Gasteiger partial charge is 0.435 e. The lowest BCUT2D eigenvalue weighted by Crippen LogP contribution is -2.48. The van der Waals surface area contributed by atoms with Crippen molar-refractivity contribution in [1.82, 2.24) is 10.3 Å². The third-order valence-electron chi connectivity index (χ3n) is 2.49. The van der Waals surface area contributed by atoms with Gasteiger partial charge in [0.1, 0.15) is 0 Å². The average Bonchev–Trinajstić information content (AvgIpc) is 2.13. The van der Waals surface area contributed by atoms with Gasteiger partial charge in [0.2, 0.25) is 5.91 Å². The molecule has 7 heteroatoms. The summed E-state index contributed by atoms with van der Waals surface area (Å²) in [6.45, 7) is 0.987. The van der Waals surface area contributed by atoms with Crippen LogP contribution in [-0.2, 0) is 11.0 Å². The predicted molar refractivity (Wildman–Crippen MR) is 54.2 cm³/mol. The highest BCUT2D eigenvalue weighted by Gasteiger charge is 2.36. The van der Waals surface area contributed by atoms with Gasteiger partial charge in [-0.2, -0.15) is 13.2 Å². The molecular weight excluding hydrogens is 235 g/mol. The van der Waals surface area contributed by atoms with Crippen molar-refractivity contribution in [2.45, 2.75) is 6.18 Å². The van der Waals surface area contributed by atoms with Crippen LogP contribution in [0.3, 0.4) is 0 Å². The van der Waals surface area contributed by atoms with Crippen LogP contribution in [-0.4, -0.2) is 24.0 Å². The maximum Gasteiger partial charge on any atom is 0.435 e. The number of pyridine rings is 1. The van der Waals surface area contributed by atoms with Gasteiger partial charge in [-0.25, -0.2) is 4.98 Å². The molecule has 0 aliphatic carbocycles. The zero-order valence-electron chi connectivity index (χ0n) is 8.71. The first-order valence-electron chi connectivity index (χ1n) is 5.02. The Kier molecular flexibility index (Phi) is 3.01. The van der Waals surface area contributed by atoms with E-state index in [2.05, 4.69) is 15.6 Å². The van der Waals surface area contributed by atoms with Gasteiger partial charge in [-0.1, -0.05) is 0 Å². The highest BCUT2D eigenvalue weighted by molar-refractivity contribution is 5.94. The molecule has 0 atom stereocenters. The van der Waals surface area contributed by atoms with E-state index in [0.717, 1.165) is 6.20 Å². The Morgan fingerprint density at radius 1 is 1.47 bits per heavy atom. The highest BCUT2D eigenvalue weighted by Crippen LogP contribution is 2.32. The quantitative estimate of drug-likeness (QED) is 0.824. The first-order valence-corrected chi connectivity index (χ1v) is 5.02. The highest BCUT2D eigenvalue weighted by atomic mass is 19.4. The summed E-state index contributed by atoms with van der Waals surface area (Å²) >= 11 is 0. The smallest absolute Gasteiger partial charge is 0.324 e. The Labute approximate surface area is 95.2 Å². The molecule has 1 fully saturated rings. The summed E-state index contributed by atoms with van der Waals surface area (Å²) in [5.74, 6) is -0.682. The molecule has 92 valence electrons. The maximum atomic E-state index is 12.6. The van der Waals surface area contributed by atoms with Gasteiger partial charge >= 0.3 is 6.18 Å². The molecule has 4 nitrogen and oxygen atoms in total. The molecule has 0 aromatic carbocycles. The minimum absolute atomic E-state index is 0.267. The topological polar surface area (TPSA) is 54.0 Å². The predicted octanol–water partition coefficient (Wildman–Crippen LogP) is 1.26. The summed E-state index contributed by atoms with van der Waals surface area (Å²) in [4.78, 5) is 14.8. The van der Waals surface area contributed by atoms with E-state index in [1.807, 2.05) is 0 Å². The first-order chi connectivity index (χ1) is 7.98. The summed E-state index contributed by atoms with van der Waals surface area (Å²) in [5.41, 5.74) is -1.36. The summed E-state index contributed by atoms with van der Waals surface area (Å²) in [5, 5.41) is 5.13. The van der Waals surface area contributed by atoms with E-state index >= 15 is 0 Å². The van der Waals surface area contributed by atoms with Gasteiger partial charge in [-0.05, 0) is 12.1 Å². The fraction of sp³-hybridized carbons (Fsp3) is 0.400. The molecule has 1 aliphatic rings. The van der Waals surface area contributed by atoms with E-state index in [9.17, 15) is 18.0 Å². The fourth-order valence-electron chi connectivity index (χ4n) is 1.44. The maximum absolute atomic E-state index is 12.6. The van der Waals surface area contributed by atoms with Crippen LogP contribution in [0.4, 0.5) is 18.9 Å². The number of carbonyl (C=O) groups is 1. The Bertz CT molecular complexity index is 429. The normalized spacial score (nSPS) is 16.4. The average molecular weight is 245 g/mol. The van der Waals surface area contributed by atoms with Crippen LogP contribution >= 0.6 is 0 Å². The summed E-state index contributed by atoms with van der Waals surface area (Å²) in [6, 6.07) is 2.55. The third-order valence-corrected chi connectivity index (χ3v) is 2.49. The molecule has 0 radical (unpaired) electrons. The minimum atomic E-state index is -4.57. The van der Waals surface area contributed by atoms with E-state index in [1.54, 1.807) is 0 Å². The molecule has 0 spiro atoms. The second kappa shape index (κ2) is 4.33. The van der Waals surface area contributed by atoms with Gasteiger partial charge in [0.05, 0.1) is 11.6 Å². The van der Waals surface area contributed by atoms with Crippen molar-refractivity contribution >= 4 is 11.6 Å². The lowest BCUT2D eigenvalue weighted by molar-refractivity contribution is -0.140. The SMILES string of the molecule is O=C(Nc1cccnc1C(F)(F)F)C1CNC1. The first kappa shape index (κ1) is 11.8. The van der Waals surface area contributed by atoms with E-state index in [-0.39, 0.29) is 11.6 Å². The number of amides is 1. The molecule has 2 heterocycles. The van der Waals surface area contributed by atoms with Crippen molar-refractivity contribution in [1.29, 1.82) is 0 Å². The monoisotopic (exact) mass is 245 g/mol. The van der Waals surface area contributed by atoms with Crippen LogP contribution in [0.25, 0.3) is 0 Å². The lowest BCUT2D eigenvalue weighted by Gasteiger charge is -2.26. The molecule has 1 saturated heterocycles. The molecular formula is C10H10F3N3O. The van der Waals surface area contributed by atoms with Gasteiger partial charge in [0.25, 0.3) is 0 Å². The third kappa shape index (κ3) is 2.55. The summed E-state index contributed by atoms with van der Waals surface area (Å²) < 4.78 is 37.7. The molecule has 0 unspecified atom stereocenters. The van der Waals surface area contributed by atoms with Crippen molar-refractivity contribution in [2.75, 3.05) is 18.4 Å². The van der Waals surface area contributed by atoms with Gasteiger partial charge < -0.3 is 10.6 Å². The van der Waals surface area contributed by atoms with Gasteiger partial charge in [-0.3, -0.25) is 4.79 Å². The summed E-state index contributed by atoms with van der Waals surface area (Å²) in [6.07, 6.45) is -3.52. The second-order valence-corrected chi connectivity index (χ2v) is 3.74. The number of rotatable bonds is 2. The Morgan fingerprint density at radius 2 is 2.18 bits per heavy atom. The molecule has 17 heavy (non-hydrogen) atoms. The van der Waals surface area contributed by atoms with Crippen LogP contribution in [0.5, 0.6) is 0 Å². The molecule has 0 bridgehead atoms. The molecule has 1 aliphatic heterocycles. The van der Waals surface area contributed by atoms with Crippen LogP contribution in [0, 0.1) is 5.92 Å². The van der Waals surface area contributed by atoms with Crippen LogP contribution in [0.15, 0.2) is 18.3 Å². The Balaban J connectivity index is 2.17. The molecule has 1 amide bonds. The second-order valence-electron chi connectivity index (χ2n) is 3.74. The standard InChI is InChI=1S/C10H10F3N3O/c11-10(12,13)8-7(2-1-3-15-8)16-9(17)6-4-14-5-6/h1-3,6,14H,4-5H2,(H,16,17). The van der Waals surface area contributed by atoms with E-state index < -0.39 is 17.8 Å². The van der Waals surface area contributed by atoms with Crippen LogP contribution in [0.2, 0.25) is 0 Å². The Hall–Kier alpha value is -1.63. The Morgan fingerprint density at radius 3 is 2.71 bits per heavy atom. The van der Waals surface area contributed by atoms with Gasteiger partial charge in [-0.15, -0.1) is 0 Å². The van der Waals surface area contributed by atoms with E-state index in [1.165, 1.54) is 12.1 Å². The van der Waals surface area contributed by atoms with E-state index in [0.29, 0.717) is 13.1 Å². The van der Waals surface area contributed by atoms with Crippen molar-refractivity contribution in [3.8, 4) is 0 Å². The number of halogens is 3. The fourth-order valence-corrected chi connectivity index (χ4v) is 1.44. The van der Waals surface area contributed by atoms with Crippen molar-refractivity contribution in [2.24, 2.45) is 5.92 Å². The van der Waals surface area contributed by atoms with E-state index in [4.69, 9.17) is 0 Å².